The molecule has 0 N–H and O–H groups in total. The van der Waals surface area contributed by atoms with E-state index in [9.17, 15) is 0 Å². The Morgan fingerprint density at radius 1 is 0.826 bits per heavy atom. The topological polar surface area (TPSA) is 0 Å². The van der Waals surface area contributed by atoms with Gasteiger partial charge in [-0.05, 0) is 104 Å². The number of allylic oxidation sites excluding steroid dienone is 2. The van der Waals surface area contributed by atoms with Gasteiger partial charge in [0.1, 0.15) is 0 Å². The maximum atomic E-state index is 2.76. The smallest absolute Gasteiger partial charge is 0.00849 e. The third kappa shape index (κ3) is 1.79. The van der Waals surface area contributed by atoms with Crippen molar-refractivity contribution >= 4 is 0 Å². The van der Waals surface area contributed by atoms with Gasteiger partial charge in [-0.3, -0.25) is 0 Å². The lowest BCUT2D eigenvalue weighted by Crippen LogP contribution is -2.51. The van der Waals surface area contributed by atoms with E-state index < -0.39 is 0 Å². The zero-order chi connectivity index (χ0) is 16.1. The highest BCUT2D eigenvalue weighted by molar-refractivity contribution is 5.28. The van der Waals surface area contributed by atoms with Gasteiger partial charge in [0, 0.05) is 0 Å². The molecule has 0 heteroatoms. The fraction of sp³-hybridized carbons (Fsp3) is 0.913. The van der Waals surface area contributed by atoms with Gasteiger partial charge in [0.15, 0.2) is 0 Å². The molecule has 0 aromatic heterocycles. The lowest BCUT2D eigenvalue weighted by Gasteiger charge is -2.59. The molecule has 23 heavy (non-hydrogen) atoms. The van der Waals surface area contributed by atoms with Crippen molar-refractivity contribution in [2.75, 3.05) is 0 Å². The van der Waals surface area contributed by atoms with Crippen LogP contribution >= 0.6 is 0 Å². The summed E-state index contributed by atoms with van der Waals surface area (Å²) in [5.74, 6) is 3.01. The average molecular weight is 313 g/mol. The van der Waals surface area contributed by atoms with Crippen molar-refractivity contribution in [1.82, 2.24) is 0 Å². The van der Waals surface area contributed by atoms with Crippen LogP contribution in [-0.2, 0) is 0 Å². The zero-order valence-electron chi connectivity index (χ0n) is 15.9. The first-order valence-electron chi connectivity index (χ1n) is 10.5. The molecule has 5 rings (SSSR count). The molecule has 4 saturated carbocycles. The first kappa shape index (κ1) is 15.0. The van der Waals surface area contributed by atoms with Gasteiger partial charge < -0.3 is 0 Å². The highest BCUT2D eigenvalue weighted by Crippen LogP contribution is 2.71. The van der Waals surface area contributed by atoms with Gasteiger partial charge in [0.05, 0.1) is 0 Å². The average Bonchev–Trinajstić information content (AvgIpc) is 3.21. The second-order valence-electron chi connectivity index (χ2n) is 11.3. The molecule has 0 heterocycles. The molecule has 128 valence electrons. The van der Waals surface area contributed by atoms with E-state index in [0.717, 1.165) is 23.2 Å². The van der Waals surface area contributed by atoms with Gasteiger partial charge >= 0.3 is 0 Å². The van der Waals surface area contributed by atoms with Crippen molar-refractivity contribution in [3.63, 3.8) is 0 Å². The summed E-state index contributed by atoms with van der Waals surface area (Å²) in [6.45, 7) is 10.5. The second kappa shape index (κ2) is 4.28. The maximum absolute atomic E-state index is 2.76. The molecule has 0 aromatic carbocycles. The minimum Gasteiger partial charge on any atom is -0.0845 e. The molecule has 0 aromatic rings. The summed E-state index contributed by atoms with van der Waals surface area (Å²) in [5.41, 5.74) is 4.45. The van der Waals surface area contributed by atoms with E-state index >= 15 is 0 Å². The monoisotopic (exact) mass is 312 g/mol. The van der Waals surface area contributed by atoms with E-state index in [-0.39, 0.29) is 0 Å². The molecule has 0 nitrogen and oxygen atoms in total. The fourth-order valence-electron chi connectivity index (χ4n) is 7.89. The van der Waals surface area contributed by atoms with Gasteiger partial charge in [-0.15, -0.1) is 0 Å². The van der Waals surface area contributed by atoms with E-state index in [0.29, 0.717) is 16.2 Å². The predicted octanol–water partition coefficient (Wildman–Crippen LogP) is 6.76. The first-order valence-corrected chi connectivity index (χ1v) is 10.5. The van der Waals surface area contributed by atoms with Crippen molar-refractivity contribution < 1.29 is 0 Å². The summed E-state index contributed by atoms with van der Waals surface area (Å²) < 4.78 is 0. The zero-order valence-corrected chi connectivity index (χ0v) is 15.9. The molecular weight excluding hydrogens is 276 g/mol. The minimum absolute atomic E-state index is 0.568. The van der Waals surface area contributed by atoms with Crippen LogP contribution in [0.15, 0.2) is 11.6 Å². The molecule has 5 aliphatic rings. The Morgan fingerprint density at radius 2 is 1.52 bits per heavy atom. The van der Waals surface area contributed by atoms with Crippen LogP contribution in [0.2, 0.25) is 0 Å². The SMILES string of the molecule is CC12CCC3(CC3)CC1=CCC1C2CCC2(C)C1CCC2(C)C. The molecule has 0 amide bonds. The van der Waals surface area contributed by atoms with Crippen molar-refractivity contribution in [3.05, 3.63) is 11.6 Å². The van der Waals surface area contributed by atoms with Gasteiger partial charge in [0.2, 0.25) is 0 Å². The van der Waals surface area contributed by atoms with Crippen molar-refractivity contribution in [3.8, 4) is 0 Å². The van der Waals surface area contributed by atoms with Crippen molar-refractivity contribution in [1.29, 1.82) is 0 Å². The first-order chi connectivity index (χ1) is 10.8. The molecule has 5 aliphatic carbocycles. The third-order valence-corrected chi connectivity index (χ3v) is 10.3. The summed E-state index contributed by atoms with van der Waals surface area (Å²) in [4.78, 5) is 0. The second-order valence-corrected chi connectivity index (χ2v) is 11.3. The minimum atomic E-state index is 0.568. The predicted molar refractivity (Wildman–Crippen MR) is 97.2 cm³/mol. The summed E-state index contributed by atoms with van der Waals surface area (Å²) in [6.07, 6.45) is 17.8. The molecule has 0 bridgehead atoms. The lowest BCUT2D eigenvalue weighted by atomic mass is 9.45. The molecule has 0 radical (unpaired) electrons. The van der Waals surface area contributed by atoms with Crippen LogP contribution in [0.3, 0.4) is 0 Å². The molecule has 0 aliphatic heterocycles. The van der Waals surface area contributed by atoms with Crippen molar-refractivity contribution in [2.24, 2.45) is 39.4 Å². The Balaban J connectivity index is 1.50. The van der Waals surface area contributed by atoms with Crippen LogP contribution in [0.1, 0.15) is 91.9 Å². The number of fused-ring (bicyclic) bond motifs is 5. The number of hydrogen-bond donors (Lipinski definition) is 0. The van der Waals surface area contributed by atoms with Crippen LogP contribution in [0.4, 0.5) is 0 Å². The standard InChI is InChI=1S/C23H36/c1-20(2)9-7-19-17-6-5-16-15-23(13-14-23)12-11-21(16,3)18(17)8-10-22(19,20)4/h5,17-19H,6-15H2,1-4H3. The number of rotatable bonds is 0. The molecular formula is C23H36. The Bertz CT molecular complexity index is 563. The number of hydrogen-bond acceptors (Lipinski definition) is 0. The summed E-state index contributed by atoms with van der Waals surface area (Å²) >= 11 is 0. The largest absolute Gasteiger partial charge is 0.0845 e. The van der Waals surface area contributed by atoms with Crippen LogP contribution < -0.4 is 0 Å². The summed E-state index contributed by atoms with van der Waals surface area (Å²) in [7, 11) is 0. The van der Waals surface area contributed by atoms with Crippen LogP contribution in [-0.4, -0.2) is 0 Å². The highest BCUT2D eigenvalue weighted by Gasteiger charge is 2.62. The lowest BCUT2D eigenvalue weighted by molar-refractivity contribution is -0.0649. The normalized spacial score (nSPS) is 52.3. The Kier molecular flexibility index (Phi) is 2.80. The molecule has 1 spiro atoms. The van der Waals surface area contributed by atoms with E-state index in [2.05, 4.69) is 33.8 Å². The van der Waals surface area contributed by atoms with E-state index in [1.165, 1.54) is 64.2 Å². The molecule has 5 unspecified atom stereocenters. The third-order valence-electron chi connectivity index (χ3n) is 10.3. The van der Waals surface area contributed by atoms with Crippen molar-refractivity contribution in [2.45, 2.75) is 91.9 Å². The fourth-order valence-corrected chi connectivity index (χ4v) is 7.89. The Morgan fingerprint density at radius 3 is 2.26 bits per heavy atom. The van der Waals surface area contributed by atoms with E-state index in [4.69, 9.17) is 0 Å². The summed E-state index contributed by atoms with van der Waals surface area (Å²) in [6, 6.07) is 0. The van der Waals surface area contributed by atoms with Gasteiger partial charge in [0.25, 0.3) is 0 Å². The Hall–Kier alpha value is -0.260. The molecule has 4 fully saturated rings. The van der Waals surface area contributed by atoms with Gasteiger partial charge in [-0.2, -0.15) is 0 Å². The van der Waals surface area contributed by atoms with Gasteiger partial charge in [-0.25, -0.2) is 0 Å². The maximum Gasteiger partial charge on any atom is -0.00849 e. The van der Waals surface area contributed by atoms with E-state index in [1.54, 1.807) is 0 Å². The molecule has 0 saturated heterocycles. The van der Waals surface area contributed by atoms with Gasteiger partial charge in [-0.1, -0.05) is 39.3 Å². The summed E-state index contributed by atoms with van der Waals surface area (Å²) in [5, 5.41) is 0. The quantitative estimate of drug-likeness (QED) is 0.434. The van der Waals surface area contributed by atoms with Crippen LogP contribution in [0.5, 0.6) is 0 Å². The highest BCUT2D eigenvalue weighted by atomic mass is 14.7. The van der Waals surface area contributed by atoms with E-state index in [1.807, 2.05) is 5.57 Å². The Labute approximate surface area is 143 Å². The molecule has 5 atom stereocenters. The van der Waals surface area contributed by atoms with Crippen LogP contribution in [0.25, 0.3) is 0 Å². The van der Waals surface area contributed by atoms with Crippen LogP contribution in [0, 0.1) is 39.4 Å².